The lowest BCUT2D eigenvalue weighted by atomic mass is 9.74. The van der Waals surface area contributed by atoms with Crippen molar-refractivity contribution in [3.63, 3.8) is 0 Å². The van der Waals surface area contributed by atoms with Gasteiger partial charge in [-0.1, -0.05) is 37.3 Å². The Kier molecular flexibility index (Phi) is 8.92. The fourth-order valence-electron chi connectivity index (χ4n) is 4.94. The van der Waals surface area contributed by atoms with Gasteiger partial charge in [0.2, 0.25) is 11.8 Å². The molecular weight excluding hydrogens is 524 g/mol. The van der Waals surface area contributed by atoms with Crippen LogP contribution in [0.3, 0.4) is 0 Å². The van der Waals surface area contributed by atoms with Crippen LogP contribution in [0, 0.1) is 5.41 Å². The van der Waals surface area contributed by atoms with Gasteiger partial charge in [-0.05, 0) is 12.0 Å². The molecule has 13 heteroatoms. The van der Waals surface area contributed by atoms with Gasteiger partial charge in [0.05, 0.1) is 30.1 Å². The highest BCUT2D eigenvalue weighted by atomic mass is 32.1. The largest absolute Gasteiger partial charge is 0.465 e. The van der Waals surface area contributed by atoms with Crippen LogP contribution in [0.1, 0.15) is 31.0 Å². The van der Waals surface area contributed by atoms with Crippen molar-refractivity contribution in [3.8, 4) is 0 Å². The van der Waals surface area contributed by atoms with Crippen molar-refractivity contribution in [2.75, 3.05) is 26.7 Å². The van der Waals surface area contributed by atoms with Crippen LogP contribution in [0.15, 0.2) is 46.3 Å². The third-order valence-corrected chi connectivity index (χ3v) is 7.55. The van der Waals surface area contributed by atoms with E-state index in [2.05, 4.69) is 20.7 Å². The smallest absolute Gasteiger partial charge is 0.405 e. The molecule has 4 rings (SSSR count). The Morgan fingerprint density at radius 1 is 1.21 bits per heavy atom. The molecule has 39 heavy (non-hydrogen) atoms. The van der Waals surface area contributed by atoms with Crippen LogP contribution in [0.4, 0.5) is 4.79 Å². The number of hydrazone groups is 1. The van der Waals surface area contributed by atoms with Gasteiger partial charge in [0.25, 0.3) is 5.91 Å². The number of carbonyl (C=O) groups excluding carboxylic acids is 3. The lowest BCUT2D eigenvalue weighted by Crippen LogP contribution is -2.60. The first-order chi connectivity index (χ1) is 18.7. The lowest BCUT2D eigenvalue weighted by Gasteiger charge is -2.40. The molecule has 3 unspecified atom stereocenters. The molecule has 2 aliphatic heterocycles. The molecule has 1 fully saturated rings. The number of amides is 4. The molecule has 208 valence electrons. The number of likely N-dealkylation sites (tertiary alicyclic amines) is 1. The Morgan fingerprint density at radius 3 is 2.64 bits per heavy atom. The van der Waals surface area contributed by atoms with E-state index in [0.29, 0.717) is 25.1 Å². The molecule has 3 atom stereocenters. The average molecular weight is 557 g/mol. The zero-order chi connectivity index (χ0) is 28.0. The van der Waals surface area contributed by atoms with E-state index in [4.69, 9.17) is 9.84 Å². The molecular formula is C26H32N6O6S. The molecule has 1 aromatic heterocycles. The molecule has 3 heterocycles. The molecule has 0 aliphatic carbocycles. The maximum absolute atomic E-state index is 13.8. The summed E-state index contributed by atoms with van der Waals surface area (Å²) in [6, 6.07) is 7.27. The number of carbonyl (C=O) groups is 4. The molecule has 2 aromatic rings. The number of hydrogen-bond acceptors (Lipinski definition) is 8. The van der Waals surface area contributed by atoms with Gasteiger partial charge in [-0.25, -0.2) is 14.8 Å². The maximum atomic E-state index is 13.8. The first kappa shape index (κ1) is 28.2. The molecule has 4 amide bonds. The fraction of sp³-hybridized carbons (Fsp3) is 0.462. The molecule has 0 spiro atoms. The van der Waals surface area contributed by atoms with Crippen LogP contribution < -0.4 is 10.6 Å². The van der Waals surface area contributed by atoms with Gasteiger partial charge < -0.3 is 25.4 Å². The Hall–Kier alpha value is -3.84. The molecule has 1 aromatic carbocycles. The summed E-state index contributed by atoms with van der Waals surface area (Å²) in [5.74, 6) is -1.25. The van der Waals surface area contributed by atoms with Gasteiger partial charge in [-0.3, -0.25) is 14.4 Å². The molecule has 2 aliphatic rings. The van der Waals surface area contributed by atoms with E-state index in [9.17, 15) is 19.2 Å². The summed E-state index contributed by atoms with van der Waals surface area (Å²) in [6.45, 7) is 2.15. The molecule has 12 nitrogen and oxygen atoms in total. The number of rotatable bonds is 11. The summed E-state index contributed by atoms with van der Waals surface area (Å²) in [6.07, 6.45) is -0.429. The maximum Gasteiger partial charge on any atom is 0.405 e. The predicted octanol–water partition coefficient (Wildman–Crippen LogP) is 1.48. The van der Waals surface area contributed by atoms with Gasteiger partial charge in [-0.15, -0.1) is 11.3 Å². The second-order valence-corrected chi connectivity index (χ2v) is 10.3. The Morgan fingerprint density at radius 2 is 1.97 bits per heavy atom. The number of hydrogen-bond donors (Lipinski definition) is 3. The zero-order valence-electron chi connectivity index (χ0n) is 21.8. The summed E-state index contributed by atoms with van der Waals surface area (Å²) >= 11 is 1.43. The van der Waals surface area contributed by atoms with Crippen molar-refractivity contribution in [1.29, 1.82) is 0 Å². The molecule has 1 saturated heterocycles. The number of nitrogens with one attached hydrogen (secondary N) is 2. The molecule has 0 radical (unpaired) electrons. The third-order valence-electron chi connectivity index (χ3n) is 6.92. The quantitative estimate of drug-likeness (QED) is 0.379. The van der Waals surface area contributed by atoms with Crippen molar-refractivity contribution in [2.45, 2.75) is 44.9 Å². The number of benzene rings is 1. The first-order valence-electron chi connectivity index (χ1n) is 12.7. The zero-order valence-corrected chi connectivity index (χ0v) is 22.6. The number of thiazole rings is 1. The fourth-order valence-corrected chi connectivity index (χ4v) is 5.50. The minimum absolute atomic E-state index is 0.0843. The second kappa shape index (κ2) is 12.3. The van der Waals surface area contributed by atoms with E-state index in [1.165, 1.54) is 16.3 Å². The van der Waals surface area contributed by atoms with Crippen LogP contribution in [0.5, 0.6) is 0 Å². The second-order valence-electron chi connectivity index (χ2n) is 9.60. The van der Waals surface area contributed by atoms with Crippen LogP contribution >= 0.6 is 11.3 Å². The van der Waals surface area contributed by atoms with Crippen molar-refractivity contribution in [3.05, 3.63) is 52.5 Å². The van der Waals surface area contributed by atoms with E-state index in [1.54, 1.807) is 24.4 Å². The molecule has 3 N–H and O–H groups in total. The topological polar surface area (TPSA) is 154 Å². The van der Waals surface area contributed by atoms with E-state index < -0.39 is 35.4 Å². The van der Waals surface area contributed by atoms with Gasteiger partial charge in [0.1, 0.15) is 17.5 Å². The summed E-state index contributed by atoms with van der Waals surface area (Å²) < 4.78 is 5.82. The number of ether oxygens (including phenoxy) is 1. The van der Waals surface area contributed by atoms with Gasteiger partial charge in [0, 0.05) is 38.4 Å². The minimum atomic E-state index is -1.34. The van der Waals surface area contributed by atoms with E-state index in [0.717, 1.165) is 11.3 Å². The number of carboxylic acid groups (broad SMARTS) is 1. The van der Waals surface area contributed by atoms with Crippen LogP contribution in [0.2, 0.25) is 0 Å². The highest BCUT2D eigenvalue weighted by Gasteiger charge is 2.54. The summed E-state index contributed by atoms with van der Waals surface area (Å²) in [5, 5.41) is 21.6. The first-order valence-corrected chi connectivity index (χ1v) is 13.6. The van der Waals surface area contributed by atoms with Crippen molar-refractivity contribution < 1.29 is 29.0 Å². The SMILES string of the molecule is CCC(NC(=O)O)C(=O)NC(COCc1ccccc1)C(=O)N1CCC2=NN(C)C(=O)C2(Cc2cscn2)C1. The van der Waals surface area contributed by atoms with Crippen LogP contribution in [0.25, 0.3) is 0 Å². The highest BCUT2D eigenvalue weighted by molar-refractivity contribution is 7.07. The summed E-state index contributed by atoms with van der Waals surface area (Å²) in [7, 11) is 1.60. The predicted molar refractivity (Wildman–Crippen MR) is 143 cm³/mol. The van der Waals surface area contributed by atoms with Crippen molar-refractivity contribution in [2.24, 2.45) is 10.5 Å². The Bertz CT molecular complexity index is 1220. The van der Waals surface area contributed by atoms with E-state index in [-0.39, 0.29) is 32.1 Å². The van der Waals surface area contributed by atoms with E-state index >= 15 is 0 Å². The van der Waals surface area contributed by atoms with Crippen molar-refractivity contribution in [1.82, 2.24) is 25.5 Å². The number of fused-ring (bicyclic) bond motifs is 1. The molecule has 0 saturated carbocycles. The molecule has 0 bridgehead atoms. The van der Waals surface area contributed by atoms with Crippen molar-refractivity contribution >= 4 is 40.9 Å². The monoisotopic (exact) mass is 556 g/mol. The number of aromatic nitrogens is 1. The van der Waals surface area contributed by atoms with Gasteiger partial charge in [0.15, 0.2) is 0 Å². The van der Waals surface area contributed by atoms with Crippen LogP contribution in [-0.2, 0) is 32.1 Å². The average Bonchev–Trinajstić information content (AvgIpc) is 3.52. The standard InChI is InChI=1S/C26H32N6O6S/c1-3-19(29-25(36)37)22(33)28-20(13-38-12-17-7-5-4-6-8-17)23(34)32-10-9-21-26(15-32,24(35)31(2)30-21)11-18-14-39-16-27-18/h4-8,14,16,19-20,29H,3,9-13,15H2,1-2H3,(H,28,33)(H,36,37). The Balaban J connectivity index is 1.53. The van der Waals surface area contributed by atoms with Crippen LogP contribution in [-0.4, -0.2) is 88.4 Å². The lowest BCUT2D eigenvalue weighted by molar-refractivity contribution is -0.143. The van der Waals surface area contributed by atoms with Gasteiger partial charge in [-0.2, -0.15) is 5.10 Å². The summed E-state index contributed by atoms with van der Waals surface area (Å²) in [4.78, 5) is 57.2. The third kappa shape index (κ3) is 6.42. The Labute approximate surface area is 230 Å². The van der Waals surface area contributed by atoms with Gasteiger partial charge >= 0.3 is 6.09 Å². The number of nitrogens with zero attached hydrogens (tertiary/aromatic N) is 4. The highest BCUT2D eigenvalue weighted by Crippen LogP contribution is 2.38. The normalized spacial score (nSPS) is 20.2. The minimum Gasteiger partial charge on any atom is -0.465 e. The number of piperidine rings is 1. The van der Waals surface area contributed by atoms with E-state index in [1.807, 2.05) is 35.7 Å². The summed E-state index contributed by atoms with van der Waals surface area (Å²) in [5.41, 5.74) is 3.02.